The summed E-state index contributed by atoms with van der Waals surface area (Å²) in [5.74, 6) is -0.206. The summed E-state index contributed by atoms with van der Waals surface area (Å²) in [5, 5.41) is 19.0. The SMILES string of the molecule is COc1ccc(-c2nc(N)nc(N)c2C#N)c(Cl)c1O. The van der Waals surface area contributed by atoms with Gasteiger partial charge in [0.05, 0.1) is 17.8 Å². The number of nitriles is 1. The van der Waals surface area contributed by atoms with Crippen LogP contribution in [0.25, 0.3) is 11.3 Å². The van der Waals surface area contributed by atoms with Crippen LogP contribution < -0.4 is 16.2 Å². The van der Waals surface area contributed by atoms with Gasteiger partial charge in [0, 0.05) is 5.56 Å². The van der Waals surface area contributed by atoms with Gasteiger partial charge in [-0.15, -0.1) is 0 Å². The quantitative estimate of drug-likeness (QED) is 0.764. The molecule has 0 spiro atoms. The molecule has 2 rings (SSSR count). The summed E-state index contributed by atoms with van der Waals surface area (Å²) in [5.41, 5.74) is 11.6. The highest BCUT2D eigenvalue weighted by Crippen LogP contribution is 2.41. The van der Waals surface area contributed by atoms with Crippen LogP contribution >= 0.6 is 11.6 Å². The fourth-order valence-electron chi connectivity index (χ4n) is 1.70. The maximum Gasteiger partial charge on any atom is 0.222 e. The molecule has 20 heavy (non-hydrogen) atoms. The number of anilines is 2. The Labute approximate surface area is 119 Å². The Morgan fingerprint density at radius 2 is 2.05 bits per heavy atom. The van der Waals surface area contributed by atoms with Gasteiger partial charge in [-0.3, -0.25) is 0 Å². The van der Waals surface area contributed by atoms with Gasteiger partial charge in [-0.1, -0.05) is 11.6 Å². The number of methoxy groups -OCH3 is 1. The van der Waals surface area contributed by atoms with Gasteiger partial charge in [0.2, 0.25) is 5.95 Å². The third-order valence-corrected chi connectivity index (χ3v) is 3.00. The number of hydrogen-bond acceptors (Lipinski definition) is 7. The van der Waals surface area contributed by atoms with Crippen molar-refractivity contribution >= 4 is 23.4 Å². The molecule has 0 saturated heterocycles. The van der Waals surface area contributed by atoms with E-state index in [4.69, 9.17) is 33.1 Å². The molecule has 0 atom stereocenters. The number of phenolic OH excluding ortho intramolecular Hbond substituents is 1. The first-order chi connectivity index (χ1) is 9.49. The van der Waals surface area contributed by atoms with E-state index in [0.717, 1.165) is 0 Å². The molecule has 0 bridgehead atoms. The van der Waals surface area contributed by atoms with Crippen molar-refractivity contribution in [1.29, 1.82) is 5.26 Å². The first kappa shape index (κ1) is 13.7. The first-order valence-corrected chi connectivity index (χ1v) is 5.76. The van der Waals surface area contributed by atoms with Gasteiger partial charge >= 0.3 is 0 Å². The Morgan fingerprint density at radius 1 is 1.35 bits per heavy atom. The van der Waals surface area contributed by atoms with Crippen LogP contribution in [-0.2, 0) is 0 Å². The summed E-state index contributed by atoms with van der Waals surface area (Å²) < 4.78 is 4.94. The van der Waals surface area contributed by atoms with Gasteiger partial charge in [-0.25, -0.2) is 4.98 Å². The average molecular weight is 292 g/mol. The standard InChI is InChI=1S/C12H10ClN5O2/c1-20-7-3-2-5(8(13)10(7)19)9-6(4-14)11(15)18-12(16)17-9/h2-3,19H,1H3,(H4,15,16,17,18). The molecule has 0 unspecified atom stereocenters. The number of ether oxygens (including phenoxy) is 1. The second kappa shape index (κ2) is 5.11. The van der Waals surface area contributed by atoms with E-state index >= 15 is 0 Å². The Hall–Kier alpha value is -2.72. The number of benzene rings is 1. The number of nitrogens with zero attached hydrogens (tertiary/aromatic N) is 3. The maximum absolute atomic E-state index is 9.90. The van der Waals surface area contributed by atoms with Gasteiger partial charge in [0.25, 0.3) is 0 Å². The molecule has 0 fully saturated rings. The lowest BCUT2D eigenvalue weighted by Crippen LogP contribution is -2.05. The van der Waals surface area contributed by atoms with E-state index in [1.165, 1.54) is 13.2 Å². The Balaban J connectivity index is 2.76. The summed E-state index contributed by atoms with van der Waals surface area (Å²) in [4.78, 5) is 7.67. The summed E-state index contributed by atoms with van der Waals surface area (Å²) in [6.45, 7) is 0. The van der Waals surface area contributed by atoms with Crippen LogP contribution in [0.3, 0.4) is 0 Å². The number of hydrogen-bond donors (Lipinski definition) is 3. The van der Waals surface area contributed by atoms with Gasteiger partial charge in [0.15, 0.2) is 11.5 Å². The van der Waals surface area contributed by atoms with Crippen LogP contribution in [0.2, 0.25) is 5.02 Å². The van der Waals surface area contributed by atoms with Crippen LogP contribution in [0.1, 0.15) is 5.56 Å². The van der Waals surface area contributed by atoms with E-state index in [1.54, 1.807) is 6.07 Å². The average Bonchev–Trinajstić information content (AvgIpc) is 2.41. The maximum atomic E-state index is 9.90. The van der Waals surface area contributed by atoms with E-state index in [-0.39, 0.29) is 39.5 Å². The molecule has 5 N–H and O–H groups in total. The summed E-state index contributed by atoms with van der Waals surface area (Å²) in [6, 6.07) is 4.92. The molecule has 2 aromatic rings. The molecular weight excluding hydrogens is 282 g/mol. The largest absolute Gasteiger partial charge is 0.503 e. The van der Waals surface area contributed by atoms with Gasteiger partial charge in [-0.05, 0) is 12.1 Å². The van der Waals surface area contributed by atoms with Crippen molar-refractivity contribution in [1.82, 2.24) is 9.97 Å². The lowest BCUT2D eigenvalue weighted by molar-refractivity contribution is 0.374. The molecular formula is C12H10ClN5O2. The number of phenols is 1. The molecule has 0 radical (unpaired) electrons. The number of halogens is 1. The summed E-state index contributed by atoms with van der Waals surface area (Å²) in [6.07, 6.45) is 0. The van der Waals surface area contributed by atoms with Crippen molar-refractivity contribution in [2.75, 3.05) is 18.6 Å². The van der Waals surface area contributed by atoms with Crippen molar-refractivity contribution in [3.05, 3.63) is 22.7 Å². The zero-order valence-corrected chi connectivity index (χ0v) is 11.1. The van der Waals surface area contributed by atoms with Crippen LogP contribution in [0.15, 0.2) is 12.1 Å². The lowest BCUT2D eigenvalue weighted by Gasteiger charge is -2.11. The number of nitrogens with two attached hydrogens (primary N) is 2. The summed E-state index contributed by atoms with van der Waals surface area (Å²) >= 11 is 6.06. The summed E-state index contributed by atoms with van der Waals surface area (Å²) in [7, 11) is 1.40. The molecule has 8 heteroatoms. The first-order valence-electron chi connectivity index (χ1n) is 5.38. The minimum absolute atomic E-state index is 0.0154. The van der Waals surface area contributed by atoms with Crippen LogP contribution in [-0.4, -0.2) is 22.2 Å². The fraction of sp³-hybridized carbons (Fsp3) is 0.0833. The Kier molecular flexibility index (Phi) is 3.50. The lowest BCUT2D eigenvalue weighted by atomic mass is 10.1. The molecule has 1 aromatic heterocycles. The van der Waals surface area contributed by atoms with Crippen molar-refractivity contribution in [3.63, 3.8) is 0 Å². The van der Waals surface area contributed by atoms with E-state index in [0.29, 0.717) is 5.56 Å². The van der Waals surface area contributed by atoms with Crippen LogP contribution in [0.5, 0.6) is 11.5 Å². The predicted octanol–water partition coefficient (Wildman–Crippen LogP) is 1.55. The number of aromatic nitrogens is 2. The zero-order valence-electron chi connectivity index (χ0n) is 10.4. The van der Waals surface area contributed by atoms with Crippen molar-refractivity contribution in [2.45, 2.75) is 0 Å². The number of rotatable bonds is 2. The molecule has 0 aliphatic rings. The van der Waals surface area contributed by atoms with Crippen molar-refractivity contribution in [2.24, 2.45) is 0 Å². The van der Waals surface area contributed by atoms with Crippen LogP contribution in [0, 0.1) is 11.3 Å². The molecule has 0 aliphatic heterocycles. The smallest absolute Gasteiger partial charge is 0.222 e. The minimum atomic E-state index is -0.258. The van der Waals surface area contributed by atoms with E-state index in [9.17, 15) is 5.11 Å². The second-order valence-corrected chi connectivity index (χ2v) is 4.16. The number of aromatic hydroxyl groups is 1. The minimum Gasteiger partial charge on any atom is -0.503 e. The van der Waals surface area contributed by atoms with E-state index in [2.05, 4.69) is 9.97 Å². The van der Waals surface area contributed by atoms with Crippen molar-refractivity contribution in [3.8, 4) is 28.8 Å². The van der Waals surface area contributed by atoms with Gasteiger partial charge in [0.1, 0.15) is 17.5 Å². The normalized spacial score (nSPS) is 10.1. The Bertz CT molecular complexity index is 727. The highest BCUT2D eigenvalue weighted by atomic mass is 35.5. The third kappa shape index (κ3) is 2.13. The molecule has 1 aromatic carbocycles. The topological polar surface area (TPSA) is 131 Å². The molecule has 0 amide bonds. The third-order valence-electron chi connectivity index (χ3n) is 2.62. The predicted molar refractivity (Wildman–Crippen MR) is 74.2 cm³/mol. The van der Waals surface area contributed by atoms with Crippen molar-refractivity contribution < 1.29 is 9.84 Å². The number of nitrogen functional groups attached to an aromatic ring is 2. The molecule has 102 valence electrons. The fourth-order valence-corrected chi connectivity index (χ4v) is 1.94. The molecule has 7 nitrogen and oxygen atoms in total. The zero-order chi connectivity index (χ0) is 14.9. The molecule has 0 aliphatic carbocycles. The highest BCUT2D eigenvalue weighted by molar-refractivity contribution is 6.35. The highest BCUT2D eigenvalue weighted by Gasteiger charge is 2.19. The molecule has 1 heterocycles. The molecule has 0 saturated carbocycles. The van der Waals surface area contributed by atoms with Gasteiger partial charge < -0.3 is 21.3 Å². The Morgan fingerprint density at radius 3 is 2.65 bits per heavy atom. The van der Waals surface area contributed by atoms with E-state index in [1.807, 2.05) is 6.07 Å². The van der Waals surface area contributed by atoms with E-state index < -0.39 is 0 Å². The van der Waals surface area contributed by atoms with Gasteiger partial charge in [-0.2, -0.15) is 10.2 Å². The van der Waals surface area contributed by atoms with Crippen LogP contribution in [0.4, 0.5) is 11.8 Å². The monoisotopic (exact) mass is 291 g/mol. The second-order valence-electron chi connectivity index (χ2n) is 3.78.